The van der Waals surface area contributed by atoms with Gasteiger partial charge in [0.1, 0.15) is 18.0 Å². The topological polar surface area (TPSA) is 169 Å². The van der Waals surface area contributed by atoms with Crippen molar-refractivity contribution in [3.05, 3.63) is 64.0 Å². The molecular formula is C26H31ClN9O3+. The van der Waals surface area contributed by atoms with Crippen LogP contribution in [0.15, 0.2) is 30.3 Å². The van der Waals surface area contributed by atoms with Crippen molar-refractivity contribution >= 4 is 46.1 Å². The lowest BCUT2D eigenvalue weighted by atomic mass is 10.1. The van der Waals surface area contributed by atoms with Gasteiger partial charge in [-0.05, 0) is 45.0 Å². The van der Waals surface area contributed by atoms with Crippen LogP contribution < -0.4 is 21.4 Å². The monoisotopic (exact) mass is 552 g/mol. The number of amides is 2. The number of nitrogens with two attached hydrogens (primary N) is 2. The van der Waals surface area contributed by atoms with E-state index in [1.807, 2.05) is 42.0 Å². The molecule has 3 heterocycles. The normalized spacial score (nSPS) is 11.1. The third kappa shape index (κ3) is 5.28. The quantitative estimate of drug-likeness (QED) is 0.241. The van der Waals surface area contributed by atoms with E-state index in [0.29, 0.717) is 24.3 Å². The summed E-state index contributed by atoms with van der Waals surface area (Å²) in [6.07, 6.45) is 0. The second-order valence-electron chi connectivity index (χ2n) is 8.97. The van der Waals surface area contributed by atoms with Crippen LogP contribution in [0.5, 0.6) is 5.75 Å². The second-order valence-corrected chi connectivity index (χ2v) is 9.33. The number of nitrogens with zero attached hydrogens (tertiary/aromatic N) is 6. The van der Waals surface area contributed by atoms with Gasteiger partial charge in [0.05, 0.1) is 25.2 Å². The van der Waals surface area contributed by atoms with Gasteiger partial charge in [0.25, 0.3) is 17.6 Å². The molecule has 0 fully saturated rings. The molecule has 0 aliphatic carbocycles. The highest BCUT2D eigenvalue weighted by molar-refractivity contribution is 6.31. The van der Waals surface area contributed by atoms with Crippen molar-refractivity contribution in [2.45, 2.75) is 47.0 Å². The number of pyridine rings is 1. The Morgan fingerprint density at radius 1 is 1.13 bits per heavy atom. The van der Waals surface area contributed by atoms with E-state index < -0.39 is 5.91 Å². The molecule has 0 spiro atoms. The Kier molecular flexibility index (Phi) is 7.86. The van der Waals surface area contributed by atoms with E-state index in [2.05, 4.69) is 20.3 Å². The summed E-state index contributed by atoms with van der Waals surface area (Å²) in [6.45, 7) is 7.18. The SMILES string of the molecule is CCn1c(CNC(=O)c2nc(Cl)c(N)nc2N)[n+](CC)c2c(C(=O)N(C)Cc3nc(C)ccc3O)cccc21. The van der Waals surface area contributed by atoms with Crippen molar-refractivity contribution in [3.8, 4) is 5.75 Å². The Morgan fingerprint density at radius 2 is 1.87 bits per heavy atom. The van der Waals surface area contributed by atoms with Gasteiger partial charge < -0.3 is 26.8 Å². The van der Waals surface area contributed by atoms with Crippen LogP contribution in [0, 0.1) is 6.92 Å². The number of aromatic nitrogens is 5. The zero-order chi connectivity index (χ0) is 28.4. The maximum absolute atomic E-state index is 13.7. The number of fused-ring (bicyclic) bond motifs is 1. The molecule has 4 rings (SSSR count). The number of imidazole rings is 1. The van der Waals surface area contributed by atoms with Crippen LogP contribution >= 0.6 is 11.6 Å². The number of para-hydroxylation sites is 1. The Bertz CT molecular complexity index is 1590. The highest BCUT2D eigenvalue weighted by Gasteiger charge is 2.29. The molecule has 0 aliphatic heterocycles. The summed E-state index contributed by atoms with van der Waals surface area (Å²) in [4.78, 5) is 40.3. The first kappa shape index (κ1) is 27.6. The van der Waals surface area contributed by atoms with Gasteiger partial charge in [0.2, 0.25) is 0 Å². The van der Waals surface area contributed by atoms with Crippen molar-refractivity contribution in [1.29, 1.82) is 0 Å². The molecule has 0 unspecified atom stereocenters. The summed E-state index contributed by atoms with van der Waals surface area (Å²) in [5.41, 5.74) is 14.6. The zero-order valence-corrected chi connectivity index (χ0v) is 23.0. The first-order valence-electron chi connectivity index (χ1n) is 12.4. The van der Waals surface area contributed by atoms with E-state index in [4.69, 9.17) is 23.1 Å². The molecule has 13 heteroatoms. The number of aryl methyl sites for hydroxylation is 3. The van der Waals surface area contributed by atoms with Crippen molar-refractivity contribution < 1.29 is 19.3 Å². The van der Waals surface area contributed by atoms with Crippen molar-refractivity contribution in [2.24, 2.45) is 0 Å². The van der Waals surface area contributed by atoms with Crippen molar-refractivity contribution in [3.63, 3.8) is 0 Å². The van der Waals surface area contributed by atoms with Gasteiger partial charge in [-0.2, -0.15) is 0 Å². The number of nitrogen functional groups attached to an aromatic ring is 2. The number of rotatable bonds is 8. The fraction of sp³-hybridized carbons (Fsp3) is 0.308. The molecule has 0 atom stereocenters. The highest BCUT2D eigenvalue weighted by atomic mass is 35.5. The van der Waals surface area contributed by atoms with Gasteiger partial charge >= 0.3 is 0 Å². The number of aromatic hydroxyl groups is 1. The summed E-state index contributed by atoms with van der Waals surface area (Å²) < 4.78 is 4.03. The zero-order valence-electron chi connectivity index (χ0n) is 22.2. The summed E-state index contributed by atoms with van der Waals surface area (Å²) in [6, 6.07) is 8.81. The summed E-state index contributed by atoms with van der Waals surface area (Å²) in [7, 11) is 1.67. The van der Waals surface area contributed by atoms with Gasteiger partial charge in [-0.1, -0.05) is 17.7 Å². The molecule has 0 radical (unpaired) electrons. The minimum atomic E-state index is -0.557. The predicted molar refractivity (Wildman–Crippen MR) is 147 cm³/mol. The minimum Gasteiger partial charge on any atom is -0.506 e. The first-order valence-corrected chi connectivity index (χ1v) is 12.8. The van der Waals surface area contributed by atoms with E-state index in [-0.39, 0.29) is 47.2 Å². The first-order chi connectivity index (χ1) is 18.6. The Morgan fingerprint density at radius 3 is 2.56 bits per heavy atom. The lowest BCUT2D eigenvalue weighted by Gasteiger charge is -2.18. The summed E-state index contributed by atoms with van der Waals surface area (Å²) in [5.74, 6) is -0.162. The number of benzene rings is 1. The Balaban J connectivity index is 1.69. The van der Waals surface area contributed by atoms with E-state index >= 15 is 0 Å². The van der Waals surface area contributed by atoms with Crippen LogP contribution in [-0.4, -0.2) is 48.4 Å². The molecule has 0 aliphatic rings. The Hall–Kier alpha value is -4.45. The van der Waals surface area contributed by atoms with Gasteiger partial charge in [-0.15, -0.1) is 0 Å². The third-order valence-electron chi connectivity index (χ3n) is 6.41. The number of carbonyl (C=O) groups is 2. The van der Waals surface area contributed by atoms with Crippen LogP contribution in [-0.2, 0) is 26.2 Å². The van der Waals surface area contributed by atoms with Gasteiger partial charge in [-0.3, -0.25) is 14.6 Å². The molecule has 1 aromatic carbocycles. The fourth-order valence-electron chi connectivity index (χ4n) is 4.58. The largest absolute Gasteiger partial charge is 0.506 e. The number of hydrogen-bond donors (Lipinski definition) is 4. The number of carbonyl (C=O) groups excluding carboxylic acids is 2. The van der Waals surface area contributed by atoms with E-state index in [0.717, 1.165) is 22.6 Å². The average Bonchev–Trinajstić information content (AvgIpc) is 3.23. The van der Waals surface area contributed by atoms with Gasteiger partial charge in [0, 0.05) is 12.7 Å². The molecule has 12 nitrogen and oxygen atoms in total. The van der Waals surface area contributed by atoms with Crippen LogP contribution in [0.1, 0.15) is 51.9 Å². The average molecular weight is 553 g/mol. The number of nitrogens with one attached hydrogen (secondary N) is 1. The molecule has 0 saturated carbocycles. The molecule has 0 bridgehead atoms. The van der Waals surface area contributed by atoms with Crippen LogP contribution in [0.4, 0.5) is 11.6 Å². The molecular weight excluding hydrogens is 522 g/mol. The molecule has 39 heavy (non-hydrogen) atoms. The van der Waals surface area contributed by atoms with E-state index in [1.165, 1.54) is 4.90 Å². The predicted octanol–water partition coefficient (Wildman–Crippen LogP) is 2.19. The summed E-state index contributed by atoms with van der Waals surface area (Å²) in [5, 5.41) is 12.9. The molecule has 6 N–H and O–H groups in total. The molecule has 4 aromatic rings. The number of hydrogen-bond acceptors (Lipinski definition) is 8. The van der Waals surface area contributed by atoms with E-state index in [9.17, 15) is 14.7 Å². The Labute approximate surface area is 230 Å². The number of anilines is 2. The standard InChI is InChI=1S/C26H30ClN9O3/c1-5-35-17-9-7-8-15(26(39)34(4)13-16-18(37)11-10-14(3)31-16)21(17)36(6-2)19(35)12-30-25(38)20-23(28)33-24(29)22(27)32-20/h7-11H,5-6,12-13H2,1-4H3,(H5-,28,29,30,33,37,38)/p+1. The van der Waals surface area contributed by atoms with Crippen molar-refractivity contribution in [2.75, 3.05) is 18.5 Å². The van der Waals surface area contributed by atoms with Crippen LogP contribution in [0.3, 0.4) is 0 Å². The maximum atomic E-state index is 13.7. The van der Waals surface area contributed by atoms with Crippen LogP contribution in [0.25, 0.3) is 11.0 Å². The minimum absolute atomic E-state index is 0.0324. The third-order valence-corrected chi connectivity index (χ3v) is 6.69. The van der Waals surface area contributed by atoms with Gasteiger partial charge in [0.15, 0.2) is 33.5 Å². The molecule has 0 saturated heterocycles. The number of halogens is 1. The fourth-order valence-corrected chi connectivity index (χ4v) is 4.70. The summed E-state index contributed by atoms with van der Waals surface area (Å²) >= 11 is 5.94. The highest BCUT2D eigenvalue weighted by Crippen LogP contribution is 2.23. The molecule has 2 amide bonds. The van der Waals surface area contributed by atoms with Gasteiger partial charge in [-0.25, -0.2) is 19.1 Å². The lowest BCUT2D eigenvalue weighted by molar-refractivity contribution is -0.676. The second kappa shape index (κ2) is 11.1. The van der Waals surface area contributed by atoms with Crippen molar-refractivity contribution in [1.82, 2.24) is 29.7 Å². The molecule has 3 aromatic heterocycles. The molecule has 204 valence electrons. The van der Waals surface area contributed by atoms with E-state index in [1.54, 1.807) is 25.2 Å². The maximum Gasteiger partial charge on any atom is 0.277 e. The lowest BCUT2D eigenvalue weighted by Crippen LogP contribution is -2.41. The van der Waals surface area contributed by atoms with Crippen LogP contribution in [0.2, 0.25) is 5.15 Å². The smallest absolute Gasteiger partial charge is 0.277 e.